The second-order valence-electron chi connectivity index (χ2n) is 7.53. The molecule has 0 radical (unpaired) electrons. The maximum atomic E-state index is 10.5. The van der Waals surface area contributed by atoms with Crippen LogP contribution in [0.15, 0.2) is 81.1 Å². The molecule has 10 nitrogen and oxygen atoms in total. The molecule has 1 aliphatic rings. The molecule has 12 heteroatoms. The smallest absolute Gasteiger partial charge is 0.294 e. The molecule has 1 aliphatic heterocycles. The van der Waals surface area contributed by atoms with Crippen LogP contribution in [-0.4, -0.2) is 55.7 Å². The number of nitriles is 1. The number of thiazole rings is 1. The van der Waals surface area contributed by atoms with Crippen molar-refractivity contribution < 1.29 is 13.0 Å². The van der Waals surface area contributed by atoms with Crippen molar-refractivity contribution >= 4 is 31.6 Å². The fourth-order valence-corrected chi connectivity index (χ4v) is 4.29. The van der Waals surface area contributed by atoms with Crippen molar-refractivity contribution in [2.24, 2.45) is 10.2 Å². The summed E-state index contributed by atoms with van der Waals surface area (Å²) in [6.07, 6.45) is 0. The van der Waals surface area contributed by atoms with Gasteiger partial charge in [-0.25, -0.2) is 9.99 Å². The number of aromatic nitrogens is 1. The summed E-state index contributed by atoms with van der Waals surface area (Å²) in [6, 6.07) is 18.0. The van der Waals surface area contributed by atoms with Crippen molar-refractivity contribution in [3.63, 3.8) is 0 Å². The van der Waals surface area contributed by atoms with Gasteiger partial charge in [-0.15, -0.1) is 10.2 Å². The largest absolute Gasteiger partial charge is 0.365 e. The van der Waals surface area contributed by atoms with Crippen molar-refractivity contribution in [1.82, 2.24) is 15.0 Å². The summed E-state index contributed by atoms with van der Waals surface area (Å²) in [5, 5.41) is 26.2. The molecule has 182 valence electrons. The van der Waals surface area contributed by atoms with Crippen LogP contribution in [0.3, 0.4) is 0 Å². The van der Waals surface area contributed by atoms with Crippen LogP contribution in [0.25, 0.3) is 11.3 Å². The summed E-state index contributed by atoms with van der Waals surface area (Å²) in [6.45, 7) is 2.38. The molecule has 0 amide bonds. The Balaban J connectivity index is 0.000000261. The zero-order chi connectivity index (χ0) is 25.6. The zero-order valence-electron chi connectivity index (χ0n) is 19.7. The van der Waals surface area contributed by atoms with Crippen molar-refractivity contribution in [1.29, 1.82) is 5.26 Å². The lowest BCUT2D eigenvalue weighted by Crippen LogP contribution is -2.29. The van der Waals surface area contributed by atoms with E-state index in [1.165, 1.54) is 23.5 Å². The van der Waals surface area contributed by atoms with E-state index in [1.807, 2.05) is 68.4 Å². The second kappa shape index (κ2) is 11.2. The van der Waals surface area contributed by atoms with E-state index in [0.29, 0.717) is 22.9 Å². The van der Waals surface area contributed by atoms with Crippen molar-refractivity contribution in [3.8, 4) is 17.3 Å². The molecule has 0 bridgehead atoms. The van der Waals surface area contributed by atoms with Gasteiger partial charge in [-0.3, -0.25) is 9.56 Å². The second-order valence-corrected chi connectivity index (χ2v) is 9.93. The number of anilines is 1. The first-order chi connectivity index (χ1) is 16.6. The van der Waals surface area contributed by atoms with Crippen molar-refractivity contribution in [2.75, 3.05) is 33.0 Å². The van der Waals surface area contributed by atoms with Gasteiger partial charge in [-0.05, 0) is 19.1 Å². The van der Waals surface area contributed by atoms with Gasteiger partial charge < -0.3 is 5.32 Å². The minimum absolute atomic E-state index is 0.0666. The van der Waals surface area contributed by atoms with Crippen LogP contribution >= 0.6 is 11.3 Å². The molecule has 2 heterocycles. The van der Waals surface area contributed by atoms with Crippen molar-refractivity contribution in [2.45, 2.75) is 11.8 Å². The van der Waals surface area contributed by atoms with E-state index in [-0.39, 0.29) is 4.90 Å². The lowest BCUT2D eigenvalue weighted by atomic mass is 10.2. The van der Waals surface area contributed by atoms with Crippen LogP contribution < -0.4 is 5.32 Å². The first-order valence-electron chi connectivity index (χ1n) is 10.4. The standard InChI is InChI=1S/C16H17N7S.C7H8O3S/c1-18-16-19-13(11-7-5-4-6-8-11)15(24-16)21-20-14-12(9-17)10-22(2)23(14)3;1-6-2-4-7(5-3-6)11(8,9)10/h4-8H,10H2,1-3H3,(H,18,19);2-5H,1H3,(H,8,9,10). The molecule has 0 aliphatic carbocycles. The molecule has 0 spiro atoms. The van der Waals surface area contributed by atoms with E-state index in [0.717, 1.165) is 22.0 Å². The Morgan fingerprint density at radius 3 is 2.34 bits per heavy atom. The minimum Gasteiger partial charge on any atom is -0.365 e. The number of hydrazine groups is 1. The Morgan fingerprint density at radius 2 is 1.77 bits per heavy atom. The lowest BCUT2D eigenvalue weighted by Gasteiger charge is -2.20. The highest BCUT2D eigenvalue weighted by Gasteiger charge is 2.24. The highest BCUT2D eigenvalue weighted by Crippen LogP contribution is 2.38. The van der Waals surface area contributed by atoms with Gasteiger partial charge >= 0.3 is 0 Å². The molecule has 0 saturated carbocycles. The molecule has 2 aromatic carbocycles. The highest BCUT2D eigenvalue weighted by atomic mass is 32.2. The topological polar surface area (TPSA) is 134 Å². The number of hydrogen-bond donors (Lipinski definition) is 2. The lowest BCUT2D eigenvalue weighted by molar-refractivity contribution is 0.100. The van der Waals surface area contributed by atoms with Gasteiger partial charge in [0.2, 0.25) is 0 Å². The first-order valence-corrected chi connectivity index (χ1v) is 12.7. The fraction of sp³-hybridized carbons (Fsp3) is 0.217. The monoisotopic (exact) mass is 511 g/mol. The number of likely N-dealkylation sites (N-methyl/N-ethyl adjacent to an activating group) is 1. The molecular formula is C23H25N7O3S2. The van der Waals surface area contributed by atoms with Crippen LogP contribution in [0, 0.1) is 18.3 Å². The molecule has 35 heavy (non-hydrogen) atoms. The predicted molar refractivity (Wildman–Crippen MR) is 136 cm³/mol. The van der Waals surface area contributed by atoms with Crippen LogP contribution in [0.2, 0.25) is 0 Å². The van der Waals surface area contributed by atoms with E-state index >= 15 is 0 Å². The average Bonchev–Trinajstić information content (AvgIpc) is 3.38. The summed E-state index contributed by atoms with van der Waals surface area (Å²) in [5.74, 6) is 0.568. The third kappa shape index (κ3) is 6.49. The van der Waals surface area contributed by atoms with Crippen LogP contribution in [0.5, 0.6) is 0 Å². The summed E-state index contributed by atoms with van der Waals surface area (Å²) in [4.78, 5) is 4.50. The van der Waals surface area contributed by atoms with E-state index in [9.17, 15) is 13.7 Å². The van der Waals surface area contributed by atoms with Gasteiger partial charge in [0.1, 0.15) is 11.8 Å². The van der Waals surface area contributed by atoms with Crippen LogP contribution in [-0.2, 0) is 10.1 Å². The van der Waals surface area contributed by atoms with Gasteiger partial charge in [0.25, 0.3) is 10.1 Å². The molecule has 0 fully saturated rings. The van der Waals surface area contributed by atoms with Gasteiger partial charge in [0, 0.05) is 26.7 Å². The first kappa shape index (κ1) is 26.0. The zero-order valence-corrected chi connectivity index (χ0v) is 21.3. The number of benzene rings is 2. The van der Waals surface area contributed by atoms with Crippen LogP contribution in [0.1, 0.15) is 5.56 Å². The molecule has 0 saturated heterocycles. The van der Waals surface area contributed by atoms with Gasteiger partial charge in [-0.2, -0.15) is 13.7 Å². The summed E-state index contributed by atoms with van der Waals surface area (Å²) in [7, 11) is 1.57. The molecule has 0 atom stereocenters. The van der Waals surface area contributed by atoms with E-state index < -0.39 is 10.1 Å². The summed E-state index contributed by atoms with van der Waals surface area (Å²) in [5.41, 5.74) is 3.32. The Hall–Kier alpha value is -3.63. The molecule has 3 aromatic rings. The molecule has 4 rings (SSSR count). The number of azo groups is 1. The maximum absolute atomic E-state index is 10.5. The quantitative estimate of drug-likeness (QED) is 0.372. The van der Waals surface area contributed by atoms with E-state index in [2.05, 4.69) is 26.6 Å². The predicted octanol–water partition coefficient (Wildman–Crippen LogP) is 4.70. The molecule has 0 unspecified atom stereocenters. The third-order valence-electron chi connectivity index (χ3n) is 5.04. The normalized spacial score (nSPS) is 14.1. The molecule has 1 aromatic heterocycles. The third-order valence-corrected chi connectivity index (χ3v) is 6.86. The summed E-state index contributed by atoms with van der Waals surface area (Å²) >= 11 is 1.43. The molecule has 2 N–H and O–H groups in total. The average molecular weight is 512 g/mol. The minimum atomic E-state index is -4.02. The van der Waals surface area contributed by atoms with Gasteiger partial charge in [0.15, 0.2) is 16.0 Å². The van der Waals surface area contributed by atoms with Crippen molar-refractivity contribution in [3.05, 3.63) is 71.6 Å². The molecular weight excluding hydrogens is 486 g/mol. The van der Waals surface area contributed by atoms with Crippen LogP contribution in [0.4, 0.5) is 10.1 Å². The number of hydrogen-bond acceptors (Lipinski definition) is 10. The Labute approximate surface area is 208 Å². The summed E-state index contributed by atoms with van der Waals surface area (Å²) < 4.78 is 29.6. The van der Waals surface area contributed by atoms with E-state index in [1.54, 1.807) is 12.1 Å². The Kier molecular flexibility index (Phi) is 8.31. The van der Waals surface area contributed by atoms with Gasteiger partial charge in [0.05, 0.1) is 17.0 Å². The van der Waals surface area contributed by atoms with E-state index in [4.69, 9.17) is 4.55 Å². The highest BCUT2D eigenvalue weighted by molar-refractivity contribution is 7.85. The Bertz CT molecular complexity index is 1380. The fourth-order valence-electron chi connectivity index (χ4n) is 3.05. The number of nitrogens with one attached hydrogen (secondary N) is 1. The van der Waals surface area contributed by atoms with Gasteiger partial charge in [-0.1, -0.05) is 59.4 Å². The SMILES string of the molecule is CNc1nc(-c2ccccc2)c(N=NC2=C(C#N)CN(C)N2C)s1.Cc1ccc(S(=O)(=O)O)cc1. The number of aryl methyl sites for hydroxylation is 1. The number of rotatable bonds is 5. The maximum Gasteiger partial charge on any atom is 0.294 e. The number of nitrogens with zero attached hydrogens (tertiary/aromatic N) is 6. The Morgan fingerprint density at radius 1 is 1.11 bits per heavy atom.